The standard InChI is InChI=1S/C15H13N5O/c16-8-7-14-17-11-3-1-2-4-12(11)20(14)9-13-18-15(21-19-13)10-5-6-10/h1-4,10H,5-7,9H2. The van der Waals surface area contributed by atoms with Crippen molar-refractivity contribution in [2.45, 2.75) is 31.7 Å². The summed E-state index contributed by atoms with van der Waals surface area (Å²) in [6.07, 6.45) is 2.53. The number of benzene rings is 1. The zero-order valence-electron chi connectivity index (χ0n) is 11.4. The molecule has 1 saturated carbocycles. The normalized spacial score (nSPS) is 14.4. The maximum Gasteiger partial charge on any atom is 0.229 e. The van der Waals surface area contributed by atoms with Gasteiger partial charge in [0.2, 0.25) is 5.89 Å². The van der Waals surface area contributed by atoms with Crippen molar-refractivity contribution >= 4 is 11.0 Å². The summed E-state index contributed by atoms with van der Waals surface area (Å²) in [5.74, 6) is 2.55. The van der Waals surface area contributed by atoms with Crippen LogP contribution < -0.4 is 0 Å². The molecule has 0 unspecified atom stereocenters. The Morgan fingerprint density at radius 2 is 2.14 bits per heavy atom. The summed E-state index contributed by atoms with van der Waals surface area (Å²) in [5, 5.41) is 13.0. The maximum absolute atomic E-state index is 8.97. The van der Waals surface area contributed by atoms with Crippen molar-refractivity contribution in [2.24, 2.45) is 0 Å². The molecule has 6 heteroatoms. The van der Waals surface area contributed by atoms with E-state index in [1.54, 1.807) is 0 Å². The van der Waals surface area contributed by atoms with Crippen molar-refractivity contribution in [2.75, 3.05) is 0 Å². The lowest BCUT2D eigenvalue weighted by molar-refractivity contribution is 0.373. The van der Waals surface area contributed by atoms with Gasteiger partial charge in [-0.25, -0.2) is 4.98 Å². The predicted octanol–water partition coefficient (Wildman–Crippen LogP) is 2.41. The van der Waals surface area contributed by atoms with E-state index in [-0.39, 0.29) is 6.42 Å². The number of para-hydroxylation sites is 2. The minimum Gasteiger partial charge on any atom is -0.339 e. The third-order valence-corrected chi connectivity index (χ3v) is 3.68. The van der Waals surface area contributed by atoms with E-state index in [0.29, 0.717) is 18.3 Å². The molecule has 1 aliphatic carbocycles. The number of imidazole rings is 1. The Balaban J connectivity index is 1.73. The number of nitriles is 1. The topological polar surface area (TPSA) is 80.5 Å². The van der Waals surface area contributed by atoms with Crippen LogP contribution in [0.15, 0.2) is 28.8 Å². The molecule has 1 aromatic carbocycles. The molecule has 0 spiro atoms. The van der Waals surface area contributed by atoms with Crippen molar-refractivity contribution in [3.8, 4) is 6.07 Å². The zero-order valence-corrected chi connectivity index (χ0v) is 11.4. The molecule has 1 fully saturated rings. The van der Waals surface area contributed by atoms with Crippen LogP contribution in [-0.2, 0) is 13.0 Å². The van der Waals surface area contributed by atoms with E-state index in [4.69, 9.17) is 9.78 Å². The molecule has 2 heterocycles. The zero-order chi connectivity index (χ0) is 14.2. The Kier molecular flexibility index (Phi) is 2.71. The second-order valence-electron chi connectivity index (χ2n) is 5.26. The molecule has 4 rings (SSSR count). The van der Waals surface area contributed by atoms with Crippen LogP contribution in [0.5, 0.6) is 0 Å². The molecule has 3 aromatic rings. The van der Waals surface area contributed by atoms with Gasteiger partial charge in [-0.05, 0) is 25.0 Å². The van der Waals surface area contributed by atoms with Crippen molar-refractivity contribution in [3.63, 3.8) is 0 Å². The number of hydrogen-bond donors (Lipinski definition) is 0. The van der Waals surface area contributed by atoms with Crippen molar-refractivity contribution in [3.05, 3.63) is 41.8 Å². The second kappa shape index (κ2) is 4.70. The van der Waals surface area contributed by atoms with Crippen molar-refractivity contribution in [1.29, 1.82) is 5.26 Å². The van der Waals surface area contributed by atoms with Crippen molar-refractivity contribution in [1.82, 2.24) is 19.7 Å². The van der Waals surface area contributed by atoms with Gasteiger partial charge in [-0.3, -0.25) is 0 Å². The Labute approximate surface area is 121 Å². The first kappa shape index (κ1) is 12.1. The first-order chi connectivity index (χ1) is 10.3. The van der Waals surface area contributed by atoms with E-state index < -0.39 is 0 Å². The van der Waals surface area contributed by atoms with Gasteiger partial charge >= 0.3 is 0 Å². The van der Waals surface area contributed by atoms with Gasteiger partial charge in [-0.15, -0.1) is 0 Å². The van der Waals surface area contributed by atoms with Crippen LogP contribution in [0.2, 0.25) is 0 Å². The minimum absolute atomic E-state index is 0.266. The Morgan fingerprint density at radius 1 is 1.29 bits per heavy atom. The third kappa shape index (κ3) is 2.17. The quantitative estimate of drug-likeness (QED) is 0.732. The first-order valence-corrected chi connectivity index (χ1v) is 6.98. The molecule has 0 radical (unpaired) electrons. The Morgan fingerprint density at radius 3 is 2.95 bits per heavy atom. The molecule has 0 N–H and O–H groups in total. The maximum atomic E-state index is 8.97. The third-order valence-electron chi connectivity index (χ3n) is 3.68. The molecule has 0 amide bonds. The Bertz CT molecular complexity index is 837. The SMILES string of the molecule is N#CCc1nc2ccccc2n1Cc1noc(C2CC2)n1. The predicted molar refractivity (Wildman–Crippen MR) is 74.4 cm³/mol. The van der Waals surface area contributed by atoms with Gasteiger partial charge in [-0.2, -0.15) is 10.2 Å². The molecular weight excluding hydrogens is 266 g/mol. The Hall–Kier alpha value is -2.68. The molecule has 0 bridgehead atoms. The highest BCUT2D eigenvalue weighted by molar-refractivity contribution is 5.76. The van der Waals surface area contributed by atoms with Crippen LogP contribution in [-0.4, -0.2) is 19.7 Å². The van der Waals surface area contributed by atoms with E-state index in [1.165, 1.54) is 0 Å². The minimum atomic E-state index is 0.266. The lowest BCUT2D eigenvalue weighted by atomic mass is 10.3. The molecule has 1 aliphatic rings. The van der Waals surface area contributed by atoms with Crippen molar-refractivity contribution < 1.29 is 4.52 Å². The highest BCUT2D eigenvalue weighted by atomic mass is 16.5. The summed E-state index contributed by atoms with van der Waals surface area (Å²) in [6.45, 7) is 0.480. The van der Waals surface area contributed by atoms with Gasteiger partial charge in [0.15, 0.2) is 5.82 Å². The molecule has 6 nitrogen and oxygen atoms in total. The fourth-order valence-electron chi connectivity index (χ4n) is 2.48. The van der Waals surface area contributed by atoms with Crippen LogP contribution in [0.4, 0.5) is 0 Å². The summed E-state index contributed by atoms with van der Waals surface area (Å²) in [6, 6.07) is 9.99. The van der Waals surface area contributed by atoms with Crippen LogP contribution >= 0.6 is 0 Å². The van der Waals surface area contributed by atoms with Crippen LogP contribution in [0.25, 0.3) is 11.0 Å². The molecular formula is C15H13N5O. The number of hydrogen-bond acceptors (Lipinski definition) is 5. The number of fused-ring (bicyclic) bond motifs is 1. The molecule has 2 aromatic heterocycles. The number of aromatic nitrogens is 4. The van der Waals surface area contributed by atoms with Gasteiger partial charge in [0, 0.05) is 5.92 Å². The average Bonchev–Trinajstić information content (AvgIpc) is 3.15. The molecule has 104 valence electrons. The lowest BCUT2D eigenvalue weighted by Gasteiger charge is -2.03. The van der Waals surface area contributed by atoms with E-state index in [1.807, 2.05) is 28.8 Å². The van der Waals surface area contributed by atoms with Crippen LogP contribution in [0.3, 0.4) is 0 Å². The van der Waals surface area contributed by atoms with Gasteiger partial charge in [0.1, 0.15) is 5.82 Å². The highest BCUT2D eigenvalue weighted by Gasteiger charge is 2.29. The lowest BCUT2D eigenvalue weighted by Crippen LogP contribution is -2.06. The molecule has 21 heavy (non-hydrogen) atoms. The van der Waals surface area contributed by atoms with Gasteiger partial charge < -0.3 is 9.09 Å². The van der Waals surface area contributed by atoms with Crippen LogP contribution in [0, 0.1) is 11.3 Å². The number of rotatable bonds is 4. The smallest absolute Gasteiger partial charge is 0.229 e. The summed E-state index contributed by atoms with van der Waals surface area (Å²) >= 11 is 0. The van der Waals surface area contributed by atoms with E-state index in [9.17, 15) is 0 Å². The first-order valence-electron chi connectivity index (χ1n) is 6.98. The largest absolute Gasteiger partial charge is 0.339 e. The second-order valence-corrected chi connectivity index (χ2v) is 5.26. The van der Waals surface area contributed by atoms with Crippen LogP contribution in [0.1, 0.15) is 36.3 Å². The average molecular weight is 279 g/mol. The molecule has 0 atom stereocenters. The van der Waals surface area contributed by atoms with E-state index in [2.05, 4.69) is 21.2 Å². The monoisotopic (exact) mass is 279 g/mol. The van der Waals surface area contributed by atoms with Gasteiger partial charge in [0.05, 0.1) is 30.1 Å². The molecule has 0 saturated heterocycles. The highest BCUT2D eigenvalue weighted by Crippen LogP contribution is 2.38. The van der Waals surface area contributed by atoms with Gasteiger partial charge in [0.25, 0.3) is 0 Å². The summed E-state index contributed by atoms with van der Waals surface area (Å²) < 4.78 is 7.28. The number of nitrogens with zero attached hydrogens (tertiary/aromatic N) is 5. The summed E-state index contributed by atoms with van der Waals surface area (Å²) in [5.41, 5.74) is 1.87. The van der Waals surface area contributed by atoms with E-state index in [0.717, 1.165) is 35.6 Å². The fourth-order valence-corrected chi connectivity index (χ4v) is 2.48. The summed E-state index contributed by atoms with van der Waals surface area (Å²) in [4.78, 5) is 8.95. The molecule has 0 aliphatic heterocycles. The summed E-state index contributed by atoms with van der Waals surface area (Å²) in [7, 11) is 0. The fraction of sp³-hybridized carbons (Fsp3) is 0.333. The van der Waals surface area contributed by atoms with Gasteiger partial charge in [-0.1, -0.05) is 17.3 Å². The van der Waals surface area contributed by atoms with E-state index >= 15 is 0 Å².